The lowest BCUT2D eigenvalue weighted by Gasteiger charge is -2.40. The van der Waals surface area contributed by atoms with Crippen LogP contribution in [0.1, 0.15) is 63.2 Å². The first-order valence-corrected chi connectivity index (χ1v) is 11.2. The van der Waals surface area contributed by atoms with Crippen LogP contribution in [0.15, 0.2) is 24.3 Å². The zero-order valence-corrected chi connectivity index (χ0v) is 19.1. The van der Waals surface area contributed by atoms with Crippen molar-refractivity contribution in [1.29, 1.82) is 0 Å². The number of ketones is 1. The number of ether oxygens (including phenoxy) is 2. The highest BCUT2D eigenvalue weighted by molar-refractivity contribution is 5.98. The molecule has 1 aromatic rings. The van der Waals surface area contributed by atoms with Crippen molar-refractivity contribution < 1.29 is 23.9 Å². The molecule has 2 saturated heterocycles. The van der Waals surface area contributed by atoms with E-state index in [1.807, 2.05) is 25.7 Å². The van der Waals surface area contributed by atoms with Crippen LogP contribution in [0.25, 0.3) is 0 Å². The second kappa shape index (κ2) is 9.71. The highest BCUT2D eigenvalue weighted by Gasteiger charge is 2.38. The molecule has 0 bridgehead atoms. The predicted molar refractivity (Wildman–Crippen MR) is 117 cm³/mol. The fourth-order valence-electron chi connectivity index (χ4n) is 4.29. The Kier molecular flexibility index (Phi) is 7.23. The Morgan fingerprint density at radius 2 is 1.58 bits per heavy atom. The zero-order chi connectivity index (χ0) is 22.6. The van der Waals surface area contributed by atoms with E-state index in [2.05, 4.69) is 0 Å². The monoisotopic (exact) mass is 430 g/mol. The second-order valence-electron chi connectivity index (χ2n) is 9.38. The van der Waals surface area contributed by atoms with Gasteiger partial charge >= 0.3 is 6.09 Å². The van der Waals surface area contributed by atoms with Crippen molar-refractivity contribution in [1.82, 2.24) is 9.80 Å². The number of carbonyl (C=O) groups is 3. The molecule has 2 aliphatic rings. The third-order valence-electron chi connectivity index (χ3n) is 5.97. The van der Waals surface area contributed by atoms with Gasteiger partial charge in [-0.05, 0) is 77.1 Å². The summed E-state index contributed by atoms with van der Waals surface area (Å²) < 4.78 is 10.7. The van der Waals surface area contributed by atoms with Gasteiger partial charge in [0, 0.05) is 31.1 Å². The lowest BCUT2D eigenvalue weighted by molar-refractivity contribution is -0.139. The van der Waals surface area contributed by atoms with Gasteiger partial charge in [-0.15, -0.1) is 0 Å². The molecule has 170 valence electrons. The van der Waals surface area contributed by atoms with Gasteiger partial charge in [-0.3, -0.25) is 14.5 Å². The molecule has 1 atom stereocenters. The van der Waals surface area contributed by atoms with Crippen LogP contribution in [0, 0.1) is 5.92 Å². The van der Waals surface area contributed by atoms with Crippen molar-refractivity contribution >= 4 is 17.8 Å². The molecule has 7 nitrogen and oxygen atoms in total. The first kappa shape index (κ1) is 23.1. The fraction of sp³-hybridized carbons (Fsp3) is 0.625. The summed E-state index contributed by atoms with van der Waals surface area (Å²) in [6.07, 6.45) is 3.30. The van der Waals surface area contributed by atoms with Gasteiger partial charge in [-0.2, -0.15) is 0 Å². The molecule has 0 N–H and O–H groups in total. The zero-order valence-electron chi connectivity index (χ0n) is 19.1. The second-order valence-corrected chi connectivity index (χ2v) is 9.38. The van der Waals surface area contributed by atoms with Gasteiger partial charge in [0.25, 0.3) is 0 Å². The maximum Gasteiger partial charge on any atom is 0.410 e. The van der Waals surface area contributed by atoms with E-state index >= 15 is 0 Å². The number of methoxy groups -OCH3 is 1. The van der Waals surface area contributed by atoms with Crippen LogP contribution in [-0.4, -0.2) is 66.0 Å². The fourth-order valence-corrected chi connectivity index (χ4v) is 4.29. The van der Waals surface area contributed by atoms with Crippen molar-refractivity contribution in [2.24, 2.45) is 5.92 Å². The summed E-state index contributed by atoms with van der Waals surface area (Å²) in [6.45, 7) is 7.09. The van der Waals surface area contributed by atoms with E-state index in [9.17, 15) is 14.4 Å². The van der Waals surface area contributed by atoms with Crippen molar-refractivity contribution in [3.8, 4) is 5.75 Å². The number of piperidine rings is 2. The molecule has 0 aromatic heterocycles. The molecule has 3 rings (SSSR count). The van der Waals surface area contributed by atoms with Gasteiger partial charge in [0.2, 0.25) is 5.91 Å². The minimum atomic E-state index is -0.595. The van der Waals surface area contributed by atoms with Crippen molar-refractivity contribution in [2.75, 3.05) is 26.7 Å². The van der Waals surface area contributed by atoms with Crippen LogP contribution in [0.5, 0.6) is 5.75 Å². The molecule has 2 fully saturated rings. The Labute approximate surface area is 184 Å². The van der Waals surface area contributed by atoms with Gasteiger partial charge in [-0.25, -0.2) is 4.79 Å². The van der Waals surface area contributed by atoms with Crippen LogP contribution in [0.3, 0.4) is 0 Å². The molecule has 1 aromatic carbocycles. The summed E-state index contributed by atoms with van der Waals surface area (Å²) in [6, 6.07) is 6.69. The van der Waals surface area contributed by atoms with Gasteiger partial charge in [0.05, 0.1) is 7.11 Å². The van der Waals surface area contributed by atoms with E-state index in [0.717, 1.165) is 18.6 Å². The molecular weight excluding hydrogens is 396 g/mol. The SMILES string of the molecule is COc1ccc(C(=O)C2CCN(C(=O)C3CCCCN3C(=O)OC(C)(C)C)CC2)cc1. The van der Waals surface area contributed by atoms with E-state index in [4.69, 9.17) is 9.47 Å². The Morgan fingerprint density at radius 1 is 0.935 bits per heavy atom. The first-order valence-electron chi connectivity index (χ1n) is 11.2. The van der Waals surface area contributed by atoms with Crippen LogP contribution < -0.4 is 4.74 Å². The largest absolute Gasteiger partial charge is 0.497 e. The van der Waals surface area contributed by atoms with Gasteiger partial charge in [0.1, 0.15) is 17.4 Å². The number of carbonyl (C=O) groups excluding carboxylic acids is 3. The lowest BCUT2D eigenvalue weighted by Crippen LogP contribution is -2.55. The molecule has 0 aliphatic carbocycles. The summed E-state index contributed by atoms with van der Waals surface area (Å²) in [7, 11) is 1.60. The molecule has 31 heavy (non-hydrogen) atoms. The van der Waals surface area contributed by atoms with E-state index in [0.29, 0.717) is 44.5 Å². The smallest absolute Gasteiger partial charge is 0.410 e. The summed E-state index contributed by atoms with van der Waals surface area (Å²) in [5.74, 6) is 0.716. The van der Waals surface area contributed by atoms with Gasteiger partial charge in [0.15, 0.2) is 5.78 Å². The molecule has 2 heterocycles. The molecule has 0 radical (unpaired) electrons. The third kappa shape index (κ3) is 5.77. The summed E-state index contributed by atoms with van der Waals surface area (Å²) in [5.41, 5.74) is 0.0800. The molecule has 2 aliphatic heterocycles. The number of amides is 2. The molecular formula is C24H34N2O5. The lowest BCUT2D eigenvalue weighted by atomic mass is 9.88. The molecule has 1 unspecified atom stereocenters. The van der Waals surface area contributed by atoms with E-state index in [1.54, 1.807) is 36.3 Å². The Morgan fingerprint density at radius 3 is 2.16 bits per heavy atom. The van der Waals surface area contributed by atoms with Crippen LogP contribution in [-0.2, 0) is 9.53 Å². The molecule has 0 saturated carbocycles. The first-order chi connectivity index (χ1) is 14.7. The van der Waals surface area contributed by atoms with Crippen molar-refractivity contribution in [2.45, 2.75) is 64.5 Å². The maximum absolute atomic E-state index is 13.2. The Hall–Kier alpha value is -2.57. The van der Waals surface area contributed by atoms with Crippen LogP contribution in [0.2, 0.25) is 0 Å². The predicted octanol–water partition coefficient (Wildman–Crippen LogP) is 3.91. The molecule has 0 spiro atoms. The van der Waals surface area contributed by atoms with E-state index in [-0.39, 0.29) is 17.6 Å². The highest BCUT2D eigenvalue weighted by atomic mass is 16.6. The Balaban J connectivity index is 1.59. The average Bonchev–Trinajstić information content (AvgIpc) is 2.77. The minimum Gasteiger partial charge on any atom is -0.497 e. The van der Waals surface area contributed by atoms with Crippen LogP contribution in [0.4, 0.5) is 4.79 Å². The van der Waals surface area contributed by atoms with Gasteiger partial charge in [-0.1, -0.05) is 0 Å². The summed E-state index contributed by atoms with van der Waals surface area (Å²) in [4.78, 5) is 42.1. The highest BCUT2D eigenvalue weighted by Crippen LogP contribution is 2.27. The number of benzene rings is 1. The van der Waals surface area contributed by atoms with Gasteiger partial charge < -0.3 is 14.4 Å². The maximum atomic E-state index is 13.2. The molecule has 2 amide bonds. The number of hydrogen-bond acceptors (Lipinski definition) is 5. The average molecular weight is 431 g/mol. The number of rotatable bonds is 4. The summed E-state index contributed by atoms with van der Waals surface area (Å²) >= 11 is 0. The topological polar surface area (TPSA) is 76.2 Å². The number of nitrogens with zero attached hydrogens (tertiary/aromatic N) is 2. The third-order valence-corrected chi connectivity index (χ3v) is 5.97. The van der Waals surface area contributed by atoms with Crippen molar-refractivity contribution in [3.05, 3.63) is 29.8 Å². The van der Waals surface area contributed by atoms with E-state index in [1.165, 1.54) is 0 Å². The number of Topliss-reactive ketones (excluding diaryl/α,β-unsaturated/α-hetero) is 1. The van der Waals surface area contributed by atoms with Crippen LogP contribution >= 0.6 is 0 Å². The normalized spacial score (nSPS) is 20.3. The van der Waals surface area contributed by atoms with E-state index < -0.39 is 17.7 Å². The minimum absolute atomic E-state index is 0.0269. The standard InChI is InChI=1S/C24H34N2O5/c1-24(2,3)31-23(29)26-14-6-5-7-20(26)22(28)25-15-12-18(13-16-25)21(27)17-8-10-19(30-4)11-9-17/h8-11,18,20H,5-7,12-16H2,1-4H3. The number of likely N-dealkylation sites (tertiary alicyclic amines) is 2. The Bertz CT molecular complexity index is 791. The summed E-state index contributed by atoms with van der Waals surface area (Å²) in [5, 5.41) is 0. The van der Waals surface area contributed by atoms with Crippen molar-refractivity contribution in [3.63, 3.8) is 0 Å². The number of hydrogen-bond donors (Lipinski definition) is 0. The molecule has 7 heteroatoms. The quantitative estimate of drug-likeness (QED) is 0.677.